The maximum absolute atomic E-state index is 5.64. The van der Waals surface area contributed by atoms with Crippen LogP contribution in [0.1, 0.15) is 24.9 Å². The highest BCUT2D eigenvalue weighted by molar-refractivity contribution is 7.99. The van der Waals surface area contributed by atoms with Crippen LogP contribution in [0.4, 0.5) is 0 Å². The molecule has 0 aromatic heterocycles. The normalized spacial score (nSPS) is 21.0. The summed E-state index contributed by atoms with van der Waals surface area (Å²) in [4.78, 5) is 0. The molecule has 0 radical (unpaired) electrons. The van der Waals surface area contributed by atoms with Gasteiger partial charge < -0.3 is 10.1 Å². The minimum absolute atomic E-state index is 0.458. The van der Waals surface area contributed by atoms with Gasteiger partial charge in [0.15, 0.2) is 0 Å². The Bertz CT molecular complexity index is 342. The second kappa shape index (κ2) is 5.60. The van der Waals surface area contributed by atoms with E-state index in [1.807, 2.05) is 17.8 Å². The third kappa shape index (κ3) is 2.71. The van der Waals surface area contributed by atoms with Crippen LogP contribution in [0.2, 0.25) is 0 Å². The topological polar surface area (TPSA) is 21.3 Å². The van der Waals surface area contributed by atoms with E-state index in [-0.39, 0.29) is 0 Å². The second-order valence-corrected chi connectivity index (χ2v) is 5.46. The number of para-hydroxylation sites is 1. The predicted octanol–water partition coefficient (Wildman–Crippen LogP) is 2.85. The minimum atomic E-state index is 0.458. The summed E-state index contributed by atoms with van der Waals surface area (Å²) < 4.78 is 5.64. The molecule has 1 heterocycles. The van der Waals surface area contributed by atoms with Gasteiger partial charge in [0.1, 0.15) is 5.75 Å². The van der Waals surface area contributed by atoms with Crippen molar-refractivity contribution in [2.24, 2.45) is 0 Å². The van der Waals surface area contributed by atoms with Crippen molar-refractivity contribution in [1.29, 1.82) is 0 Å². The van der Waals surface area contributed by atoms with Gasteiger partial charge in [0.2, 0.25) is 0 Å². The highest BCUT2D eigenvalue weighted by atomic mass is 32.2. The molecule has 2 atom stereocenters. The van der Waals surface area contributed by atoms with Crippen LogP contribution in [0.5, 0.6) is 5.75 Å². The Balaban J connectivity index is 2.01. The Morgan fingerprint density at radius 2 is 2.31 bits per heavy atom. The first kappa shape index (κ1) is 11.8. The second-order valence-electron chi connectivity index (χ2n) is 4.18. The average molecular weight is 237 g/mol. The Labute approximate surface area is 102 Å². The fraction of sp³-hybridized carbons (Fsp3) is 0.538. The molecule has 0 spiro atoms. The molecule has 2 rings (SSSR count). The molecule has 2 nitrogen and oxygen atoms in total. The van der Waals surface area contributed by atoms with Crippen LogP contribution >= 0.6 is 11.8 Å². The molecule has 1 aromatic rings. The molecule has 0 amide bonds. The van der Waals surface area contributed by atoms with Gasteiger partial charge in [0.25, 0.3) is 0 Å². The monoisotopic (exact) mass is 237 g/mol. The van der Waals surface area contributed by atoms with Gasteiger partial charge in [-0.2, -0.15) is 11.8 Å². The molecule has 0 fully saturated rings. The molecule has 0 saturated heterocycles. The Morgan fingerprint density at radius 3 is 3.12 bits per heavy atom. The predicted molar refractivity (Wildman–Crippen MR) is 70.3 cm³/mol. The summed E-state index contributed by atoms with van der Waals surface area (Å²) >= 11 is 1.90. The van der Waals surface area contributed by atoms with Gasteiger partial charge >= 0.3 is 0 Å². The van der Waals surface area contributed by atoms with Crippen molar-refractivity contribution in [2.75, 3.05) is 19.4 Å². The van der Waals surface area contributed by atoms with Crippen molar-refractivity contribution >= 4 is 11.8 Å². The molecular formula is C13H19NOS. The van der Waals surface area contributed by atoms with Crippen LogP contribution in [0.3, 0.4) is 0 Å². The van der Waals surface area contributed by atoms with E-state index in [1.54, 1.807) is 0 Å². The van der Waals surface area contributed by atoms with Crippen molar-refractivity contribution in [1.82, 2.24) is 5.32 Å². The summed E-state index contributed by atoms with van der Waals surface area (Å²) in [7, 11) is 0. The number of hydrogen-bond acceptors (Lipinski definition) is 3. The van der Waals surface area contributed by atoms with E-state index in [1.165, 1.54) is 5.56 Å². The molecule has 0 saturated carbocycles. The number of benzene rings is 1. The third-order valence-electron chi connectivity index (χ3n) is 3.01. The number of ether oxygens (including phenoxy) is 1. The molecule has 1 aliphatic heterocycles. The minimum Gasteiger partial charge on any atom is -0.493 e. The van der Waals surface area contributed by atoms with E-state index in [9.17, 15) is 0 Å². The summed E-state index contributed by atoms with van der Waals surface area (Å²) in [5.41, 5.74) is 1.31. The fourth-order valence-corrected chi connectivity index (χ4v) is 2.21. The number of nitrogens with one attached hydrogen (secondary N) is 1. The molecule has 3 heteroatoms. The first-order chi connectivity index (χ1) is 7.81. The van der Waals surface area contributed by atoms with Crippen molar-refractivity contribution in [2.45, 2.75) is 24.6 Å². The van der Waals surface area contributed by atoms with E-state index in [0.29, 0.717) is 11.3 Å². The molecule has 1 N–H and O–H groups in total. The lowest BCUT2D eigenvalue weighted by molar-refractivity contribution is 0.253. The summed E-state index contributed by atoms with van der Waals surface area (Å²) in [6.07, 6.45) is 3.22. The zero-order valence-corrected chi connectivity index (χ0v) is 10.7. The molecule has 1 aromatic carbocycles. The average Bonchev–Trinajstić information content (AvgIpc) is 2.35. The van der Waals surface area contributed by atoms with Gasteiger partial charge in [-0.1, -0.05) is 25.1 Å². The summed E-state index contributed by atoms with van der Waals surface area (Å²) in [5.74, 6) is 1.04. The van der Waals surface area contributed by atoms with Crippen molar-refractivity contribution in [3.05, 3.63) is 29.8 Å². The highest BCUT2D eigenvalue weighted by Crippen LogP contribution is 2.31. The molecular weight excluding hydrogens is 218 g/mol. The van der Waals surface area contributed by atoms with Crippen LogP contribution in [-0.2, 0) is 0 Å². The van der Waals surface area contributed by atoms with Gasteiger partial charge in [-0.05, 0) is 12.3 Å². The van der Waals surface area contributed by atoms with Gasteiger partial charge in [-0.25, -0.2) is 0 Å². The van der Waals surface area contributed by atoms with Crippen LogP contribution in [0.25, 0.3) is 0 Å². The van der Waals surface area contributed by atoms with E-state index in [2.05, 4.69) is 36.7 Å². The maximum Gasteiger partial charge on any atom is 0.124 e. The number of rotatable bonds is 4. The summed E-state index contributed by atoms with van der Waals surface area (Å²) in [5, 5.41) is 4.29. The van der Waals surface area contributed by atoms with Crippen LogP contribution in [0, 0.1) is 0 Å². The largest absolute Gasteiger partial charge is 0.493 e. The quantitative estimate of drug-likeness (QED) is 0.870. The lowest BCUT2D eigenvalue weighted by atomic mass is 10.0. The zero-order chi connectivity index (χ0) is 11.4. The SMILES string of the molecule is CSC(C)CNC1CCOc2ccccc21. The van der Waals surface area contributed by atoms with Crippen LogP contribution in [0.15, 0.2) is 24.3 Å². The van der Waals surface area contributed by atoms with Crippen LogP contribution in [-0.4, -0.2) is 24.7 Å². The number of thioether (sulfide) groups is 1. The highest BCUT2D eigenvalue weighted by Gasteiger charge is 2.20. The standard InChI is InChI=1S/C13H19NOS/c1-10(16-2)9-14-12-7-8-15-13-6-4-3-5-11(12)13/h3-6,10,12,14H,7-9H2,1-2H3. The van der Waals surface area contributed by atoms with E-state index < -0.39 is 0 Å². The van der Waals surface area contributed by atoms with Gasteiger partial charge in [-0.15, -0.1) is 0 Å². The van der Waals surface area contributed by atoms with Crippen molar-refractivity contribution in [3.63, 3.8) is 0 Å². The lowest BCUT2D eigenvalue weighted by Crippen LogP contribution is -2.31. The van der Waals surface area contributed by atoms with Crippen LogP contribution < -0.4 is 10.1 Å². The summed E-state index contributed by atoms with van der Waals surface area (Å²) in [6.45, 7) is 4.13. The lowest BCUT2D eigenvalue weighted by Gasteiger charge is -2.27. The Kier molecular flexibility index (Phi) is 4.13. The molecule has 0 aliphatic carbocycles. The maximum atomic E-state index is 5.64. The number of fused-ring (bicyclic) bond motifs is 1. The molecule has 88 valence electrons. The van der Waals surface area contributed by atoms with Crippen molar-refractivity contribution in [3.8, 4) is 5.75 Å². The fourth-order valence-electron chi connectivity index (χ4n) is 1.95. The van der Waals surface area contributed by atoms with Gasteiger partial charge in [0, 0.05) is 29.8 Å². The van der Waals surface area contributed by atoms with E-state index in [4.69, 9.17) is 4.74 Å². The van der Waals surface area contributed by atoms with E-state index >= 15 is 0 Å². The van der Waals surface area contributed by atoms with E-state index in [0.717, 1.165) is 25.3 Å². The Morgan fingerprint density at radius 1 is 1.50 bits per heavy atom. The van der Waals surface area contributed by atoms with Gasteiger partial charge in [-0.3, -0.25) is 0 Å². The first-order valence-electron chi connectivity index (χ1n) is 5.79. The smallest absolute Gasteiger partial charge is 0.124 e. The first-order valence-corrected chi connectivity index (χ1v) is 7.08. The molecule has 2 unspecified atom stereocenters. The summed E-state index contributed by atoms with van der Waals surface area (Å²) in [6, 6.07) is 8.79. The molecule has 1 aliphatic rings. The molecule has 16 heavy (non-hydrogen) atoms. The third-order valence-corrected chi connectivity index (χ3v) is 3.98. The van der Waals surface area contributed by atoms with Crippen molar-refractivity contribution < 1.29 is 4.74 Å². The molecule has 0 bridgehead atoms. The zero-order valence-electron chi connectivity index (χ0n) is 9.90. The number of hydrogen-bond donors (Lipinski definition) is 1. The van der Waals surface area contributed by atoms with Gasteiger partial charge in [0.05, 0.1) is 6.61 Å². The Hall–Kier alpha value is -0.670.